The highest BCUT2D eigenvalue weighted by Gasteiger charge is 2.10. The molecule has 1 nitrogen and oxygen atoms in total. The Labute approximate surface area is 106 Å². The first-order valence-corrected chi connectivity index (χ1v) is 6.81. The van der Waals surface area contributed by atoms with E-state index in [4.69, 9.17) is 4.74 Å². The minimum Gasteiger partial charge on any atom is -0.491 e. The van der Waals surface area contributed by atoms with E-state index >= 15 is 0 Å². The maximum Gasteiger partial charge on any atom is 0.119 e. The molecule has 0 fully saturated rings. The molecule has 0 amide bonds. The third-order valence-electron chi connectivity index (χ3n) is 3.14. The summed E-state index contributed by atoms with van der Waals surface area (Å²) in [5.41, 5.74) is 2.82. The molecule has 1 aromatic rings. The molecule has 96 valence electrons. The number of unbranched alkanes of at least 4 members (excludes halogenated alkanes) is 1. The third kappa shape index (κ3) is 4.41. The van der Waals surface area contributed by atoms with Crippen molar-refractivity contribution in [2.24, 2.45) is 0 Å². The van der Waals surface area contributed by atoms with Gasteiger partial charge in [0.1, 0.15) is 5.75 Å². The molecule has 1 aromatic carbocycles. The van der Waals surface area contributed by atoms with E-state index in [1.165, 1.54) is 30.4 Å². The fourth-order valence-corrected chi connectivity index (χ4v) is 2.16. The van der Waals surface area contributed by atoms with Gasteiger partial charge in [0.2, 0.25) is 0 Å². The van der Waals surface area contributed by atoms with E-state index in [1.54, 1.807) is 0 Å². The maximum absolute atomic E-state index is 5.76. The van der Waals surface area contributed by atoms with E-state index in [2.05, 4.69) is 52.8 Å². The molecule has 0 N–H and O–H groups in total. The highest BCUT2D eigenvalue weighted by molar-refractivity contribution is 5.37. The normalized spacial score (nSPS) is 12.8. The molecule has 0 spiro atoms. The molecule has 0 heterocycles. The van der Waals surface area contributed by atoms with Crippen LogP contribution in [0.2, 0.25) is 0 Å². The van der Waals surface area contributed by atoms with Crippen LogP contribution >= 0.6 is 0 Å². The SMILES string of the molecule is CCCCC(C)c1cc(OC(C)C)ccc1C. The van der Waals surface area contributed by atoms with E-state index in [0.717, 1.165) is 5.75 Å². The minimum absolute atomic E-state index is 0.247. The van der Waals surface area contributed by atoms with Gasteiger partial charge in [-0.25, -0.2) is 0 Å². The van der Waals surface area contributed by atoms with Crippen molar-refractivity contribution in [1.82, 2.24) is 0 Å². The van der Waals surface area contributed by atoms with Crippen LogP contribution < -0.4 is 4.74 Å². The molecule has 0 aliphatic heterocycles. The lowest BCUT2D eigenvalue weighted by atomic mass is 9.92. The molecular formula is C16H26O. The molecule has 0 saturated heterocycles. The van der Waals surface area contributed by atoms with Gasteiger partial charge >= 0.3 is 0 Å². The minimum atomic E-state index is 0.247. The van der Waals surface area contributed by atoms with Crippen molar-refractivity contribution in [1.29, 1.82) is 0 Å². The summed E-state index contributed by atoms with van der Waals surface area (Å²) in [5.74, 6) is 1.63. The lowest BCUT2D eigenvalue weighted by Crippen LogP contribution is -2.06. The zero-order valence-corrected chi connectivity index (χ0v) is 11.9. The predicted molar refractivity (Wildman–Crippen MR) is 74.9 cm³/mol. The van der Waals surface area contributed by atoms with Gasteiger partial charge < -0.3 is 4.74 Å². The van der Waals surface area contributed by atoms with E-state index < -0.39 is 0 Å². The topological polar surface area (TPSA) is 9.23 Å². The van der Waals surface area contributed by atoms with Crippen LogP contribution in [0, 0.1) is 6.92 Å². The zero-order chi connectivity index (χ0) is 12.8. The summed E-state index contributed by atoms with van der Waals surface area (Å²) in [7, 11) is 0. The number of hydrogen-bond acceptors (Lipinski definition) is 1. The predicted octanol–water partition coefficient (Wildman–Crippen LogP) is 5.08. The maximum atomic E-state index is 5.76. The first kappa shape index (κ1) is 14.1. The van der Waals surface area contributed by atoms with Gasteiger partial charge in [0, 0.05) is 0 Å². The molecule has 0 aliphatic rings. The summed E-state index contributed by atoms with van der Waals surface area (Å²) in [4.78, 5) is 0. The summed E-state index contributed by atoms with van der Waals surface area (Å²) in [5, 5.41) is 0. The molecule has 0 saturated carbocycles. The molecular weight excluding hydrogens is 208 g/mol. The summed E-state index contributed by atoms with van der Waals surface area (Å²) < 4.78 is 5.76. The lowest BCUT2D eigenvalue weighted by Gasteiger charge is -2.17. The molecule has 1 unspecified atom stereocenters. The molecule has 1 rings (SSSR count). The van der Waals surface area contributed by atoms with E-state index in [9.17, 15) is 0 Å². The Hall–Kier alpha value is -0.980. The van der Waals surface area contributed by atoms with E-state index in [1.807, 2.05) is 0 Å². The van der Waals surface area contributed by atoms with Crippen LogP contribution in [-0.4, -0.2) is 6.10 Å². The lowest BCUT2D eigenvalue weighted by molar-refractivity contribution is 0.242. The zero-order valence-electron chi connectivity index (χ0n) is 11.9. The van der Waals surface area contributed by atoms with Crippen LogP contribution in [0.5, 0.6) is 5.75 Å². The van der Waals surface area contributed by atoms with Gasteiger partial charge in [-0.1, -0.05) is 32.8 Å². The number of aryl methyl sites for hydroxylation is 1. The first-order valence-electron chi connectivity index (χ1n) is 6.81. The molecule has 17 heavy (non-hydrogen) atoms. The van der Waals surface area contributed by atoms with Gasteiger partial charge in [-0.05, 0) is 56.4 Å². The Kier molecular flexibility index (Phi) is 5.54. The average Bonchev–Trinajstić information content (AvgIpc) is 2.28. The Morgan fingerprint density at radius 3 is 2.47 bits per heavy atom. The van der Waals surface area contributed by atoms with Crippen molar-refractivity contribution in [2.45, 2.75) is 65.9 Å². The van der Waals surface area contributed by atoms with Gasteiger partial charge in [0.05, 0.1) is 6.10 Å². The second-order valence-electron chi connectivity index (χ2n) is 5.23. The van der Waals surface area contributed by atoms with Crippen LogP contribution in [-0.2, 0) is 0 Å². The van der Waals surface area contributed by atoms with Gasteiger partial charge in [0.25, 0.3) is 0 Å². The van der Waals surface area contributed by atoms with Gasteiger partial charge in [-0.15, -0.1) is 0 Å². The van der Waals surface area contributed by atoms with Gasteiger partial charge in [-0.3, -0.25) is 0 Å². The summed E-state index contributed by atoms with van der Waals surface area (Å²) >= 11 is 0. The number of ether oxygens (including phenoxy) is 1. The Morgan fingerprint density at radius 2 is 1.88 bits per heavy atom. The highest BCUT2D eigenvalue weighted by Crippen LogP contribution is 2.28. The molecule has 0 bridgehead atoms. The van der Waals surface area contributed by atoms with Crippen molar-refractivity contribution >= 4 is 0 Å². The Morgan fingerprint density at radius 1 is 1.18 bits per heavy atom. The largest absolute Gasteiger partial charge is 0.491 e. The Balaban J connectivity index is 2.82. The first-order chi connectivity index (χ1) is 8.04. The third-order valence-corrected chi connectivity index (χ3v) is 3.14. The molecule has 1 atom stereocenters. The second-order valence-corrected chi connectivity index (χ2v) is 5.23. The van der Waals surface area contributed by atoms with Crippen LogP contribution in [0.1, 0.15) is 64.0 Å². The summed E-state index contributed by atoms with van der Waals surface area (Å²) in [6.45, 7) is 10.9. The average molecular weight is 234 g/mol. The van der Waals surface area contributed by atoms with Crippen LogP contribution in [0.15, 0.2) is 18.2 Å². The van der Waals surface area contributed by atoms with Crippen molar-refractivity contribution in [2.75, 3.05) is 0 Å². The second kappa shape index (κ2) is 6.68. The molecule has 0 aromatic heterocycles. The smallest absolute Gasteiger partial charge is 0.119 e. The number of benzene rings is 1. The van der Waals surface area contributed by atoms with Crippen LogP contribution in [0.25, 0.3) is 0 Å². The summed E-state index contributed by atoms with van der Waals surface area (Å²) in [6.07, 6.45) is 4.08. The fraction of sp³-hybridized carbons (Fsp3) is 0.625. The van der Waals surface area contributed by atoms with Crippen molar-refractivity contribution in [3.63, 3.8) is 0 Å². The molecule has 0 radical (unpaired) electrons. The number of hydrogen-bond donors (Lipinski definition) is 0. The van der Waals surface area contributed by atoms with Crippen LogP contribution in [0.4, 0.5) is 0 Å². The Bertz CT molecular complexity index is 341. The standard InChI is InChI=1S/C16H26O/c1-6-7-8-13(4)16-11-15(17-12(2)3)10-9-14(16)5/h9-13H,6-8H2,1-5H3. The quantitative estimate of drug-likeness (QED) is 0.667. The van der Waals surface area contributed by atoms with Crippen molar-refractivity contribution < 1.29 is 4.74 Å². The molecule has 1 heteroatoms. The van der Waals surface area contributed by atoms with Gasteiger partial charge in [-0.2, -0.15) is 0 Å². The highest BCUT2D eigenvalue weighted by atomic mass is 16.5. The fourth-order valence-electron chi connectivity index (χ4n) is 2.16. The van der Waals surface area contributed by atoms with E-state index in [0.29, 0.717) is 5.92 Å². The van der Waals surface area contributed by atoms with Crippen molar-refractivity contribution in [3.8, 4) is 5.75 Å². The number of rotatable bonds is 6. The molecule has 0 aliphatic carbocycles. The van der Waals surface area contributed by atoms with Crippen LogP contribution in [0.3, 0.4) is 0 Å². The monoisotopic (exact) mass is 234 g/mol. The van der Waals surface area contributed by atoms with Gasteiger partial charge in [0.15, 0.2) is 0 Å². The summed E-state index contributed by atoms with van der Waals surface area (Å²) in [6, 6.07) is 6.47. The van der Waals surface area contributed by atoms with Crippen molar-refractivity contribution in [3.05, 3.63) is 29.3 Å². The van der Waals surface area contributed by atoms with E-state index in [-0.39, 0.29) is 6.10 Å².